The minimum atomic E-state index is -4.36. The van der Waals surface area contributed by atoms with Gasteiger partial charge in [0.25, 0.3) is 0 Å². The number of halogens is 4. The van der Waals surface area contributed by atoms with Crippen molar-refractivity contribution in [2.75, 3.05) is 19.7 Å². The molecule has 0 atom stereocenters. The van der Waals surface area contributed by atoms with Crippen molar-refractivity contribution in [1.82, 2.24) is 10.2 Å². The second-order valence-electron chi connectivity index (χ2n) is 9.10. The number of alkyl halides is 4. The highest BCUT2D eigenvalue weighted by molar-refractivity contribution is 6.17. The predicted octanol–water partition coefficient (Wildman–Crippen LogP) is 6.38. The molecule has 0 bridgehead atoms. The number of ether oxygens (including phenoxy) is 1. The molecule has 1 aromatic carbocycles. The van der Waals surface area contributed by atoms with Crippen LogP contribution in [0.1, 0.15) is 64.0 Å². The third-order valence-corrected chi connectivity index (χ3v) is 6.27. The van der Waals surface area contributed by atoms with E-state index in [1.165, 1.54) is 44.2 Å². The zero-order chi connectivity index (χ0) is 27.2. The number of carbonyl (C=O) groups excluding carboxylic acids is 1. The number of benzene rings is 1. The standard InChI is InChI=1S/C19H22ClF3N2O.C8H15NO/c1-14(17(24-4)10-11-18(2,3)26-5)25(13-20)12-15-6-8-16(9-7-15)19(21,22)23;10-7-9-6-8-4-2-1-3-5-8/h6-9H,4,12-13H2,1-3,5H3;7-8H,1-6H2,(H,9,10)/b17-14-;. The number of methoxy groups -OCH3 is 1. The second-order valence-corrected chi connectivity index (χ2v) is 9.34. The van der Waals surface area contributed by atoms with E-state index in [1.54, 1.807) is 18.9 Å². The Labute approximate surface area is 218 Å². The summed E-state index contributed by atoms with van der Waals surface area (Å²) in [6, 6.07) is 5.08. The SMILES string of the molecule is C=N/C(C#CC(C)(C)OC)=C(/C)N(CCl)Cc1ccc(C(F)(F)F)cc1.O=CNCC1CCCCC1. The average molecular weight is 528 g/mol. The third-order valence-electron chi connectivity index (χ3n) is 5.98. The Morgan fingerprint density at radius 3 is 2.33 bits per heavy atom. The molecule has 9 heteroatoms. The largest absolute Gasteiger partial charge is 0.416 e. The van der Waals surface area contributed by atoms with E-state index in [9.17, 15) is 18.0 Å². The van der Waals surface area contributed by atoms with E-state index in [0.29, 0.717) is 23.5 Å². The van der Waals surface area contributed by atoms with Crippen LogP contribution in [0.2, 0.25) is 0 Å². The topological polar surface area (TPSA) is 53.9 Å². The lowest BCUT2D eigenvalue weighted by Crippen LogP contribution is -2.22. The van der Waals surface area contributed by atoms with Gasteiger partial charge in [-0.2, -0.15) is 13.2 Å². The molecule has 0 unspecified atom stereocenters. The molecule has 1 aliphatic rings. The molecule has 1 aliphatic carbocycles. The van der Waals surface area contributed by atoms with E-state index in [2.05, 4.69) is 28.9 Å². The molecule has 1 amide bonds. The monoisotopic (exact) mass is 527 g/mol. The minimum Gasteiger partial charge on any atom is -0.366 e. The maximum atomic E-state index is 12.7. The van der Waals surface area contributed by atoms with Crippen LogP contribution in [-0.4, -0.2) is 43.3 Å². The Morgan fingerprint density at radius 2 is 1.86 bits per heavy atom. The Hall–Kier alpha value is -2.50. The molecule has 1 N–H and O–H groups in total. The van der Waals surface area contributed by atoms with Gasteiger partial charge in [0.15, 0.2) is 0 Å². The molecular formula is C27H37ClF3N3O2. The Morgan fingerprint density at radius 1 is 1.25 bits per heavy atom. The molecule has 36 heavy (non-hydrogen) atoms. The van der Waals surface area contributed by atoms with Crippen molar-refractivity contribution in [3.8, 4) is 11.8 Å². The van der Waals surface area contributed by atoms with Crippen molar-refractivity contribution in [2.45, 2.75) is 71.2 Å². The Bertz CT molecular complexity index is 913. The molecule has 5 nitrogen and oxygen atoms in total. The van der Waals surface area contributed by atoms with Gasteiger partial charge in [-0.25, -0.2) is 0 Å². The van der Waals surface area contributed by atoms with Crippen LogP contribution in [0, 0.1) is 17.8 Å². The molecule has 0 aromatic heterocycles. The molecule has 200 valence electrons. The number of carbonyl (C=O) groups is 1. The molecule has 0 spiro atoms. The number of amides is 1. The van der Waals surface area contributed by atoms with Crippen LogP contribution in [0.15, 0.2) is 40.7 Å². The van der Waals surface area contributed by atoms with Gasteiger partial charge in [-0.05, 0) is 69.9 Å². The summed E-state index contributed by atoms with van der Waals surface area (Å²) >= 11 is 6.01. The number of allylic oxidation sites excluding steroid dienone is 2. The fourth-order valence-corrected chi connectivity index (χ4v) is 3.79. The number of rotatable bonds is 9. The van der Waals surface area contributed by atoms with Gasteiger partial charge >= 0.3 is 6.18 Å². The van der Waals surface area contributed by atoms with E-state index in [4.69, 9.17) is 16.3 Å². The van der Waals surface area contributed by atoms with Crippen molar-refractivity contribution in [1.29, 1.82) is 0 Å². The van der Waals surface area contributed by atoms with Crippen molar-refractivity contribution in [3.05, 3.63) is 46.8 Å². The molecule has 1 aromatic rings. The van der Waals surface area contributed by atoms with E-state index < -0.39 is 17.3 Å². The van der Waals surface area contributed by atoms with Gasteiger partial charge in [0.2, 0.25) is 6.41 Å². The first-order chi connectivity index (χ1) is 17.0. The maximum Gasteiger partial charge on any atom is 0.416 e. The lowest BCUT2D eigenvalue weighted by molar-refractivity contribution is -0.137. The number of hydrogen-bond donors (Lipinski definition) is 1. The fraction of sp³-hybridized carbons (Fsp3) is 0.556. The fourth-order valence-electron chi connectivity index (χ4n) is 3.53. The zero-order valence-corrected chi connectivity index (χ0v) is 22.3. The Kier molecular flexibility index (Phi) is 13.6. The van der Waals surface area contributed by atoms with Crippen LogP contribution >= 0.6 is 11.6 Å². The maximum absolute atomic E-state index is 12.7. The van der Waals surface area contributed by atoms with Crippen molar-refractivity contribution < 1.29 is 22.7 Å². The molecule has 1 fully saturated rings. The first-order valence-electron chi connectivity index (χ1n) is 11.9. The minimum absolute atomic E-state index is 0.126. The highest BCUT2D eigenvalue weighted by atomic mass is 35.5. The van der Waals surface area contributed by atoms with Gasteiger partial charge in [0, 0.05) is 25.9 Å². The predicted molar refractivity (Wildman–Crippen MR) is 139 cm³/mol. The van der Waals surface area contributed by atoms with Crippen LogP contribution in [0.5, 0.6) is 0 Å². The van der Waals surface area contributed by atoms with E-state index in [-0.39, 0.29) is 6.00 Å². The summed E-state index contributed by atoms with van der Waals surface area (Å²) in [5.74, 6) is 6.63. The summed E-state index contributed by atoms with van der Waals surface area (Å²) in [6.07, 6.45) is 3.15. The molecule has 0 saturated heterocycles. The highest BCUT2D eigenvalue weighted by Crippen LogP contribution is 2.29. The van der Waals surface area contributed by atoms with E-state index >= 15 is 0 Å². The second kappa shape index (κ2) is 15.6. The van der Waals surface area contributed by atoms with E-state index in [1.807, 2.05) is 13.8 Å². The summed E-state index contributed by atoms with van der Waals surface area (Å²) < 4.78 is 43.2. The number of nitrogens with zero attached hydrogens (tertiary/aromatic N) is 2. The van der Waals surface area contributed by atoms with Crippen LogP contribution < -0.4 is 5.32 Å². The molecule has 0 heterocycles. The van der Waals surface area contributed by atoms with Crippen LogP contribution in [-0.2, 0) is 22.3 Å². The van der Waals surface area contributed by atoms with E-state index in [0.717, 1.165) is 31.0 Å². The normalized spacial score (nSPS) is 14.9. The molecule has 0 aliphatic heterocycles. The summed E-state index contributed by atoms with van der Waals surface area (Å²) in [7, 11) is 1.56. The summed E-state index contributed by atoms with van der Waals surface area (Å²) in [5.41, 5.74) is 0.464. The summed E-state index contributed by atoms with van der Waals surface area (Å²) in [6.45, 7) is 10.2. The molecule has 2 rings (SSSR count). The quantitative estimate of drug-likeness (QED) is 0.133. The van der Waals surface area contributed by atoms with Crippen molar-refractivity contribution >= 4 is 24.7 Å². The number of aliphatic imine (C=N–C) groups is 1. The average Bonchev–Trinajstić information content (AvgIpc) is 2.87. The molecule has 1 saturated carbocycles. The van der Waals surface area contributed by atoms with Crippen molar-refractivity contribution in [2.24, 2.45) is 10.9 Å². The first-order valence-corrected chi connectivity index (χ1v) is 12.4. The Balaban J connectivity index is 0.000000537. The third kappa shape index (κ3) is 11.5. The zero-order valence-electron chi connectivity index (χ0n) is 21.6. The van der Waals surface area contributed by atoms with Gasteiger partial charge in [-0.1, -0.05) is 37.3 Å². The van der Waals surface area contributed by atoms with Gasteiger partial charge < -0.3 is 15.0 Å². The van der Waals surface area contributed by atoms with Crippen molar-refractivity contribution in [3.63, 3.8) is 0 Å². The van der Waals surface area contributed by atoms with Gasteiger partial charge in [-0.3, -0.25) is 9.79 Å². The van der Waals surface area contributed by atoms with Gasteiger partial charge in [0.1, 0.15) is 11.3 Å². The number of hydrogen-bond acceptors (Lipinski definition) is 4. The van der Waals surface area contributed by atoms with Crippen LogP contribution in [0.4, 0.5) is 13.2 Å². The smallest absolute Gasteiger partial charge is 0.366 e. The lowest BCUT2D eigenvalue weighted by atomic mass is 9.89. The molecule has 0 radical (unpaired) electrons. The summed E-state index contributed by atoms with van der Waals surface area (Å²) in [5, 5.41) is 2.74. The molecular weight excluding hydrogens is 491 g/mol. The lowest BCUT2D eigenvalue weighted by Gasteiger charge is -2.23. The highest BCUT2D eigenvalue weighted by Gasteiger charge is 2.30. The number of nitrogens with one attached hydrogen (secondary N) is 1. The van der Waals surface area contributed by atoms with Crippen LogP contribution in [0.3, 0.4) is 0 Å². The van der Waals surface area contributed by atoms with Crippen LogP contribution in [0.25, 0.3) is 0 Å². The first kappa shape index (κ1) is 31.5. The van der Waals surface area contributed by atoms with Gasteiger partial charge in [0.05, 0.1) is 11.6 Å². The summed E-state index contributed by atoms with van der Waals surface area (Å²) in [4.78, 5) is 15.6. The van der Waals surface area contributed by atoms with Gasteiger partial charge in [-0.15, -0.1) is 11.6 Å².